The van der Waals surface area contributed by atoms with Crippen LogP contribution in [0.3, 0.4) is 0 Å². The lowest BCUT2D eigenvalue weighted by molar-refractivity contribution is -0.140. The van der Waals surface area contributed by atoms with E-state index in [4.69, 9.17) is 32.7 Å². The van der Waals surface area contributed by atoms with Gasteiger partial charge < -0.3 is 19.7 Å². The molecule has 42 heavy (non-hydrogen) atoms. The fraction of sp³-hybridized carbons (Fsp3) is 0.212. The standard InChI is InChI=1S/C33H31Cl2FN2O4/c1-41-30-15-10-24(17-31(30)42-2)18-32(39)38(21-23-8-13-27(36)14-9-23)29(16-22-6-4-3-5-7-22)33(40)37-20-25-11-12-26(34)19-28(25)35/h3-15,17,19,29H,16,18,20-21H2,1-2H3,(H,37,40). The van der Waals surface area contributed by atoms with Crippen LogP contribution in [-0.2, 0) is 35.5 Å². The highest BCUT2D eigenvalue weighted by molar-refractivity contribution is 6.35. The molecule has 0 radical (unpaired) electrons. The molecule has 9 heteroatoms. The van der Waals surface area contributed by atoms with Gasteiger partial charge in [-0.15, -0.1) is 0 Å². The Kier molecular flexibility index (Phi) is 10.8. The molecule has 0 fully saturated rings. The lowest BCUT2D eigenvalue weighted by Crippen LogP contribution is -2.50. The van der Waals surface area contributed by atoms with Crippen molar-refractivity contribution in [3.63, 3.8) is 0 Å². The molecule has 4 aromatic rings. The van der Waals surface area contributed by atoms with Gasteiger partial charge in [-0.25, -0.2) is 4.39 Å². The topological polar surface area (TPSA) is 67.9 Å². The number of methoxy groups -OCH3 is 2. The van der Waals surface area contributed by atoms with E-state index in [-0.39, 0.29) is 43.6 Å². The Hall–Kier alpha value is -4.07. The molecule has 0 aliphatic carbocycles. The van der Waals surface area contributed by atoms with Gasteiger partial charge in [0, 0.05) is 29.6 Å². The molecule has 6 nitrogen and oxygen atoms in total. The number of benzene rings is 4. The molecule has 0 bridgehead atoms. The van der Waals surface area contributed by atoms with E-state index in [2.05, 4.69) is 5.32 Å². The number of hydrogen-bond donors (Lipinski definition) is 1. The number of amides is 2. The molecule has 2 amide bonds. The van der Waals surface area contributed by atoms with Crippen LogP contribution in [-0.4, -0.2) is 37.0 Å². The summed E-state index contributed by atoms with van der Waals surface area (Å²) in [6.45, 7) is 0.243. The third-order valence-electron chi connectivity index (χ3n) is 6.81. The van der Waals surface area contributed by atoms with Crippen molar-refractivity contribution in [2.45, 2.75) is 32.0 Å². The number of rotatable bonds is 12. The van der Waals surface area contributed by atoms with Crippen LogP contribution in [0.2, 0.25) is 10.0 Å². The molecule has 1 atom stereocenters. The van der Waals surface area contributed by atoms with Gasteiger partial charge in [0.1, 0.15) is 11.9 Å². The SMILES string of the molecule is COc1ccc(CC(=O)N(Cc2ccc(F)cc2)C(Cc2ccccc2)C(=O)NCc2ccc(Cl)cc2Cl)cc1OC. The summed E-state index contributed by atoms with van der Waals surface area (Å²) in [5, 5.41) is 3.87. The highest BCUT2D eigenvalue weighted by Crippen LogP contribution is 2.28. The van der Waals surface area contributed by atoms with Gasteiger partial charge in [-0.2, -0.15) is 0 Å². The zero-order chi connectivity index (χ0) is 30.1. The molecular formula is C33H31Cl2FN2O4. The van der Waals surface area contributed by atoms with E-state index in [1.807, 2.05) is 30.3 Å². The molecule has 0 aliphatic heterocycles. The van der Waals surface area contributed by atoms with Crippen molar-refractivity contribution in [2.75, 3.05) is 14.2 Å². The highest BCUT2D eigenvalue weighted by atomic mass is 35.5. The van der Waals surface area contributed by atoms with E-state index >= 15 is 0 Å². The Labute approximate surface area is 255 Å². The lowest BCUT2D eigenvalue weighted by atomic mass is 10.0. The Morgan fingerprint density at radius 2 is 1.52 bits per heavy atom. The molecule has 4 rings (SSSR count). The first-order valence-electron chi connectivity index (χ1n) is 13.3. The smallest absolute Gasteiger partial charge is 0.243 e. The Morgan fingerprint density at radius 1 is 0.833 bits per heavy atom. The largest absolute Gasteiger partial charge is 0.493 e. The summed E-state index contributed by atoms with van der Waals surface area (Å²) in [6, 6.07) is 24.8. The van der Waals surface area contributed by atoms with Crippen molar-refractivity contribution >= 4 is 35.0 Å². The summed E-state index contributed by atoms with van der Waals surface area (Å²) >= 11 is 12.4. The summed E-state index contributed by atoms with van der Waals surface area (Å²) < 4.78 is 24.4. The van der Waals surface area contributed by atoms with Crippen LogP contribution in [0, 0.1) is 5.82 Å². The Balaban J connectivity index is 1.67. The number of hydrogen-bond acceptors (Lipinski definition) is 4. The van der Waals surface area contributed by atoms with Crippen molar-refractivity contribution in [1.82, 2.24) is 10.2 Å². The molecular weight excluding hydrogens is 578 g/mol. The molecule has 0 heterocycles. The fourth-order valence-electron chi connectivity index (χ4n) is 4.57. The van der Waals surface area contributed by atoms with Crippen LogP contribution >= 0.6 is 23.2 Å². The average Bonchev–Trinajstić information content (AvgIpc) is 2.99. The maximum atomic E-state index is 14.0. The normalized spacial score (nSPS) is 11.5. The molecule has 0 spiro atoms. The van der Waals surface area contributed by atoms with E-state index in [1.165, 1.54) is 31.3 Å². The van der Waals surface area contributed by atoms with Crippen LogP contribution in [0.15, 0.2) is 91.0 Å². The van der Waals surface area contributed by atoms with E-state index in [0.717, 1.165) is 5.56 Å². The van der Waals surface area contributed by atoms with Gasteiger partial charge in [-0.05, 0) is 58.7 Å². The third kappa shape index (κ3) is 8.24. The molecule has 0 saturated carbocycles. The summed E-state index contributed by atoms with van der Waals surface area (Å²) in [5.74, 6) is 0.00513. The summed E-state index contributed by atoms with van der Waals surface area (Å²) in [4.78, 5) is 29.4. The van der Waals surface area contributed by atoms with Gasteiger partial charge >= 0.3 is 0 Å². The second-order valence-electron chi connectivity index (χ2n) is 9.67. The fourth-order valence-corrected chi connectivity index (χ4v) is 5.05. The second-order valence-corrected chi connectivity index (χ2v) is 10.5. The zero-order valence-electron chi connectivity index (χ0n) is 23.3. The van der Waals surface area contributed by atoms with Gasteiger partial charge in [0.2, 0.25) is 11.8 Å². The van der Waals surface area contributed by atoms with Crippen LogP contribution in [0.25, 0.3) is 0 Å². The minimum absolute atomic E-state index is 0.00311. The zero-order valence-corrected chi connectivity index (χ0v) is 24.8. The first kappa shape index (κ1) is 30.9. The van der Waals surface area contributed by atoms with Crippen LogP contribution < -0.4 is 14.8 Å². The Morgan fingerprint density at radius 3 is 2.19 bits per heavy atom. The molecule has 0 aromatic heterocycles. The van der Waals surface area contributed by atoms with Gasteiger partial charge in [0.15, 0.2) is 11.5 Å². The average molecular weight is 610 g/mol. The molecule has 4 aromatic carbocycles. The van der Waals surface area contributed by atoms with Gasteiger partial charge in [0.25, 0.3) is 0 Å². The molecule has 1 unspecified atom stereocenters. The minimum atomic E-state index is -0.879. The number of nitrogens with one attached hydrogen (secondary N) is 1. The van der Waals surface area contributed by atoms with Crippen molar-refractivity contribution < 1.29 is 23.5 Å². The van der Waals surface area contributed by atoms with Gasteiger partial charge in [-0.3, -0.25) is 9.59 Å². The van der Waals surface area contributed by atoms with Crippen molar-refractivity contribution in [2.24, 2.45) is 0 Å². The second kappa shape index (κ2) is 14.7. The van der Waals surface area contributed by atoms with Crippen molar-refractivity contribution in [3.05, 3.63) is 129 Å². The number of ether oxygens (including phenoxy) is 2. The first-order chi connectivity index (χ1) is 20.3. The van der Waals surface area contributed by atoms with Gasteiger partial charge in [-0.1, -0.05) is 77.8 Å². The maximum Gasteiger partial charge on any atom is 0.243 e. The highest BCUT2D eigenvalue weighted by Gasteiger charge is 2.30. The predicted octanol–water partition coefficient (Wildman–Crippen LogP) is 6.65. The predicted molar refractivity (Wildman–Crippen MR) is 162 cm³/mol. The van der Waals surface area contributed by atoms with E-state index < -0.39 is 6.04 Å². The maximum absolute atomic E-state index is 14.0. The van der Waals surface area contributed by atoms with Crippen molar-refractivity contribution in [1.29, 1.82) is 0 Å². The number of halogens is 3. The van der Waals surface area contributed by atoms with Crippen LogP contribution in [0.1, 0.15) is 22.3 Å². The summed E-state index contributed by atoms with van der Waals surface area (Å²) in [5.41, 5.74) is 2.94. The quantitative estimate of drug-likeness (QED) is 0.195. The first-order valence-corrected chi connectivity index (χ1v) is 14.0. The minimum Gasteiger partial charge on any atom is -0.493 e. The third-order valence-corrected chi connectivity index (χ3v) is 7.40. The van der Waals surface area contributed by atoms with E-state index in [0.29, 0.717) is 38.2 Å². The summed E-state index contributed by atoms with van der Waals surface area (Å²) in [7, 11) is 3.06. The van der Waals surface area contributed by atoms with Crippen LogP contribution in [0.4, 0.5) is 4.39 Å². The number of carbonyl (C=O) groups excluding carboxylic acids is 2. The summed E-state index contributed by atoms with van der Waals surface area (Å²) in [6.07, 6.45) is 0.267. The Bertz CT molecular complexity index is 1520. The molecule has 0 aliphatic rings. The van der Waals surface area contributed by atoms with Gasteiger partial charge in [0.05, 0.1) is 20.6 Å². The number of nitrogens with zero attached hydrogens (tertiary/aromatic N) is 1. The monoisotopic (exact) mass is 608 g/mol. The van der Waals surface area contributed by atoms with Crippen molar-refractivity contribution in [3.8, 4) is 11.5 Å². The lowest BCUT2D eigenvalue weighted by Gasteiger charge is -2.32. The molecule has 0 saturated heterocycles. The van der Waals surface area contributed by atoms with Crippen LogP contribution in [0.5, 0.6) is 11.5 Å². The molecule has 218 valence electrons. The van der Waals surface area contributed by atoms with E-state index in [9.17, 15) is 14.0 Å². The van der Waals surface area contributed by atoms with E-state index in [1.54, 1.807) is 48.5 Å². The number of carbonyl (C=O) groups is 2. The molecule has 1 N–H and O–H groups in total.